The summed E-state index contributed by atoms with van der Waals surface area (Å²) in [5.74, 6) is 0.226. The molecule has 3 rings (SSSR count). The summed E-state index contributed by atoms with van der Waals surface area (Å²) in [6.07, 6.45) is 3.00. The number of hydrogen-bond acceptors (Lipinski definition) is 5. The van der Waals surface area contributed by atoms with Crippen molar-refractivity contribution in [2.45, 2.75) is 25.7 Å². The lowest BCUT2D eigenvalue weighted by Crippen LogP contribution is -2.37. The van der Waals surface area contributed by atoms with Gasteiger partial charge in [0.25, 0.3) is 0 Å². The number of nitrogens with two attached hydrogens (primary N) is 1. The first-order chi connectivity index (χ1) is 13.5. The maximum absolute atomic E-state index is 11.7. The summed E-state index contributed by atoms with van der Waals surface area (Å²) in [6.45, 7) is 1.42. The van der Waals surface area contributed by atoms with Gasteiger partial charge >= 0.3 is 5.97 Å². The minimum Gasteiger partial charge on any atom is -0.497 e. The van der Waals surface area contributed by atoms with Crippen molar-refractivity contribution < 1.29 is 19.4 Å². The van der Waals surface area contributed by atoms with Crippen molar-refractivity contribution in [3.63, 3.8) is 0 Å². The van der Waals surface area contributed by atoms with Gasteiger partial charge in [-0.1, -0.05) is 0 Å². The van der Waals surface area contributed by atoms with Crippen LogP contribution in [0.4, 0.5) is 5.82 Å². The molecule has 2 aromatic rings. The lowest BCUT2D eigenvalue weighted by atomic mass is 9.93. The Morgan fingerprint density at radius 1 is 1.25 bits per heavy atom. The first-order valence-corrected chi connectivity index (χ1v) is 9.40. The highest BCUT2D eigenvalue weighted by Gasteiger charge is 2.25. The van der Waals surface area contributed by atoms with Crippen LogP contribution in [0.5, 0.6) is 5.75 Å². The predicted octanol–water partition coefficient (Wildman–Crippen LogP) is 2.94. The normalized spacial score (nSPS) is 16.6. The average molecular weight is 383 g/mol. The highest BCUT2D eigenvalue weighted by Crippen LogP contribution is 2.30. The van der Waals surface area contributed by atoms with Crippen LogP contribution >= 0.6 is 0 Å². The Balaban J connectivity index is 1.88. The second kappa shape index (κ2) is 8.73. The van der Waals surface area contributed by atoms with Crippen molar-refractivity contribution in [1.29, 1.82) is 0 Å². The molecule has 1 aromatic heterocycles. The molecule has 1 fully saturated rings. The second-order valence-electron chi connectivity index (χ2n) is 7.06. The van der Waals surface area contributed by atoms with E-state index in [2.05, 4.69) is 4.98 Å². The zero-order valence-corrected chi connectivity index (χ0v) is 15.9. The minimum atomic E-state index is -0.997. The van der Waals surface area contributed by atoms with Crippen LogP contribution in [0.15, 0.2) is 36.4 Å². The van der Waals surface area contributed by atoms with E-state index in [4.69, 9.17) is 10.5 Å². The van der Waals surface area contributed by atoms with Crippen LogP contribution in [0, 0.1) is 5.92 Å². The number of carbonyl (C=O) groups excluding carboxylic acids is 1. The van der Waals surface area contributed by atoms with Crippen LogP contribution in [-0.4, -0.2) is 42.2 Å². The molecule has 0 saturated carbocycles. The van der Waals surface area contributed by atoms with Gasteiger partial charge in [0.1, 0.15) is 17.1 Å². The summed E-state index contributed by atoms with van der Waals surface area (Å²) in [6, 6.07) is 10.8. The first kappa shape index (κ1) is 19.7. The van der Waals surface area contributed by atoms with Gasteiger partial charge in [-0.05, 0) is 61.6 Å². The molecule has 0 bridgehead atoms. The Morgan fingerprint density at radius 3 is 2.64 bits per heavy atom. The average Bonchev–Trinajstić information content (AvgIpc) is 2.72. The Morgan fingerprint density at radius 2 is 2.00 bits per heavy atom. The molecule has 7 nitrogen and oxygen atoms in total. The van der Waals surface area contributed by atoms with Gasteiger partial charge in [0.05, 0.1) is 12.8 Å². The molecular formula is C21H25N3O4. The molecule has 3 N–H and O–H groups in total. The number of pyridine rings is 1. The number of carboxylic acids is 1. The van der Waals surface area contributed by atoms with E-state index >= 15 is 0 Å². The SMILES string of the molecule is COc1ccc(-c2ccc(C(=O)O)c(N3CCCC(CCC(N)=O)C3)n2)cc1. The van der Waals surface area contributed by atoms with Crippen molar-refractivity contribution in [2.75, 3.05) is 25.1 Å². The number of hydrogen-bond donors (Lipinski definition) is 2. The Bertz CT molecular complexity index is 851. The van der Waals surface area contributed by atoms with E-state index in [1.54, 1.807) is 19.2 Å². The number of benzene rings is 1. The van der Waals surface area contributed by atoms with Gasteiger partial charge < -0.3 is 20.5 Å². The lowest BCUT2D eigenvalue weighted by molar-refractivity contribution is -0.118. The Hall–Kier alpha value is -3.09. The van der Waals surface area contributed by atoms with Crippen LogP contribution in [0.1, 0.15) is 36.0 Å². The van der Waals surface area contributed by atoms with Gasteiger partial charge in [-0.2, -0.15) is 0 Å². The van der Waals surface area contributed by atoms with Crippen molar-refractivity contribution in [3.8, 4) is 17.0 Å². The molecule has 1 atom stereocenters. The van der Waals surface area contributed by atoms with E-state index in [-0.39, 0.29) is 11.5 Å². The summed E-state index contributed by atoms with van der Waals surface area (Å²) < 4.78 is 5.19. The fraction of sp³-hybridized carbons (Fsp3) is 0.381. The number of aromatic nitrogens is 1. The molecule has 0 aliphatic carbocycles. The van der Waals surface area contributed by atoms with E-state index in [1.165, 1.54) is 0 Å². The number of ether oxygens (including phenoxy) is 1. The number of carboxylic acid groups (broad SMARTS) is 1. The van der Waals surface area contributed by atoms with E-state index < -0.39 is 5.97 Å². The monoisotopic (exact) mass is 383 g/mol. The number of primary amides is 1. The lowest BCUT2D eigenvalue weighted by Gasteiger charge is -2.34. The molecule has 2 heterocycles. The summed E-state index contributed by atoms with van der Waals surface area (Å²) in [4.78, 5) is 29.5. The van der Waals surface area contributed by atoms with Crippen LogP contribution in [-0.2, 0) is 4.79 Å². The standard InChI is InChI=1S/C21H25N3O4/c1-28-16-7-5-15(6-8-16)18-10-9-17(21(26)27)20(23-18)24-12-2-3-14(13-24)4-11-19(22)25/h5-10,14H,2-4,11-13H2,1H3,(H2,22,25)(H,26,27). The van der Waals surface area contributed by atoms with Gasteiger partial charge in [-0.3, -0.25) is 4.79 Å². The number of rotatable bonds is 7. The third-order valence-corrected chi connectivity index (χ3v) is 5.11. The summed E-state index contributed by atoms with van der Waals surface area (Å²) in [7, 11) is 1.61. The van der Waals surface area contributed by atoms with E-state index in [0.717, 1.165) is 30.7 Å². The molecule has 1 amide bonds. The van der Waals surface area contributed by atoms with Crippen molar-refractivity contribution in [1.82, 2.24) is 4.98 Å². The number of carbonyl (C=O) groups is 2. The maximum atomic E-state index is 11.7. The third-order valence-electron chi connectivity index (χ3n) is 5.11. The quantitative estimate of drug-likeness (QED) is 0.761. The highest BCUT2D eigenvalue weighted by atomic mass is 16.5. The van der Waals surface area contributed by atoms with Crippen LogP contribution in [0.3, 0.4) is 0 Å². The van der Waals surface area contributed by atoms with Gasteiger partial charge in [-0.15, -0.1) is 0 Å². The van der Waals surface area contributed by atoms with Crippen molar-refractivity contribution in [2.24, 2.45) is 11.7 Å². The van der Waals surface area contributed by atoms with Crippen LogP contribution in [0.25, 0.3) is 11.3 Å². The molecule has 1 saturated heterocycles. The minimum absolute atomic E-state index is 0.188. The summed E-state index contributed by atoms with van der Waals surface area (Å²) in [5, 5.41) is 9.62. The zero-order chi connectivity index (χ0) is 20.1. The molecule has 1 aliphatic rings. The van der Waals surface area contributed by atoms with E-state index in [0.29, 0.717) is 36.8 Å². The van der Waals surface area contributed by atoms with E-state index in [1.807, 2.05) is 29.2 Å². The number of nitrogens with zero attached hydrogens (tertiary/aromatic N) is 2. The molecule has 0 spiro atoms. The smallest absolute Gasteiger partial charge is 0.339 e. The second-order valence-corrected chi connectivity index (χ2v) is 7.06. The maximum Gasteiger partial charge on any atom is 0.339 e. The van der Waals surface area contributed by atoms with Gasteiger partial charge in [0.2, 0.25) is 5.91 Å². The predicted molar refractivity (Wildman–Crippen MR) is 107 cm³/mol. The van der Waals surface area contributed by atoms with Gasteiger partial charge in [0.15, 0.2) is 0 Å². The topological polar surface area (TPSA) is 106 Å². The molecule has 1 aromatic carbocycles. The Labute approximate surface area is 164 Å². The largest absolute Gasteiger partial charge is 0.497 e. The molecule has 0 radical (unpaired) electrons. The molecule has 1 unspecified atom stereocenters. The molecule has 1 aliphatic heterocycles. The van der Waals surface area contributed by atoms with Gasteiger partial charge in [0, 0.05) is 25.1 Å². The number of methoxy groups -OCH3 is 1. The Kier molecular flexibility index (Phi) is 6.13. The van der Waals surface area contributed by atoms with E-state index in [9.17, 15) is 14.7 Å². The number of anilines is 1. The fourth-order valence-corrected chi connectivity index (χ4v) is 3.62. The zero-order valence-electron chi connectivity index (χ0n) is 15.9. The molecular weight excluding hydrogens is 358 g/mol. The molecule has 28 heavy (non-hydrogen) atoms. The molecule has 7 heteroatoms. The first-order valence-electron chi connectivity index (χ1n) is 9.40. The highest BCUT2D eigenvalue weighted by molar-refractivity contribution is 5.94. The third kappa shape index (κ3) is 4.60. The van der Waals surface area contributed by atoms with Gasteiger partial charge in [-0.25, -0.2) is 9.78 Å². The fourth-order valence-electron chi connectivity index (χ4n) is 3.62. The van der Waals surface area contributed by atoms with Crippen molar-refractivity contribution in [3.05, 3.63) is 42.0 Å². The van der Waals surface area contributed by atoms with Crippen LogP contribution in [0.2, 0.25) is 0 Å². The van der Waals surface area contributed by atoms with Crippen LogP contribution < -0.4 is 15.4 Å². The molecule has 148 valence electrons. The number of piperidine rings is 1. The summed E-state index contributed by atoms with van der Waals surface area (Å²) in [5.41, 5.74) is 7.06. The summed E-state index contributed by atoms with van der Waals surface area (Å²) >= 11 is 0. The van der Waals surface area contributed by atoms with Crippen molar-refractivity contribution >= 4 is 17.7 Å². The number of aromatic carboxylic acids is 1. The number of amides is 1.